The number of carbonyl (C=O) groups is 1. The lowest BCUT2D eigenvalue weighted by Gasteiger charge is -2.11. The Kier molecular flexibility index (Phi) is 6.79. The van der Waals surface area contributed by atoms with Crippen LogP contribution in [0.15, 0.2) is 79.1 Å². The van der Waals surface area contributed by atoms with Gasteiger partial charge in [0, 0.05) is 24.0 Å². The summed E-state index contributed by atoms with van der Waals surface area (Å²) in [4.78, 5) is 10.8. The van der Waals surface area contributed by atoms with Gasteiger partial charge in [-0.2, -0.15) is 5.10 Å². The summed E-state index contributed by atoms with van der Waals surface area (Å²) in [5, 5.41) is 13.1. The minimum absolute atomic E-state index is 0.502. The third-order valence-corrected chi connectivity index (χ3v) is 4.04. The first-order valence-electron chi connectivity index (χ1n) is 9.06. The van der Waals surface area contributed by atoms with E-state index in [0.29, 0.717) is 18.9 Å². The van der Waals surface area contributed by atoms with Crippen LogP contribution >= 0.6 is 0 Å². The van der Waals surface area contributed by atoms with Gasteiger partial charge in [0.15, 0.2) is 0 Å². The molecule has 0 radical (unpaired) electrons. The summed E-state index contributed by atoms with van der Waals surface area (Å²) in [6.07, 6.45) is 11.2. The van der Waals surface area contributed by atoms with Gasteiger partial charge in [0.1, 0.15) is 5.75 Å². The Bertz CT molecular complexity index is 945. The quantitative estimate of drug-likeness (QED) is 0.442. The number of ether oxygens (including phenoxy) is 1. The molecule has 0 aliphatic carbocycles. The highest BCUT2D eigenvalue weighted by atomic mass is 16.5. The summed E-state index contributed by atoms with van der Waals surface area (Å²) < 4.78 is 7.77. The van der Waals surface area contributed by atoms with Gasteiger partial charge in [-0.15, -0.1) is 0 Å². The van der Waals surface area contributed by atoms with E-state index in [1.165, 1.54) is 0 Å². The molecule has 0 aliphatic rings. The summed E-state index contributed by atoms with van der Waals surface area (Å²) >= 11 is 0. The van der Waals surface area contributed by atoms with Crippen LogP contribution in [0, 0.1) is 0 Å². The molecule has 2 aromatic carbocycles. The number of nitrogens with zero attached hydrogens (tertiary/aromatic N) is 2. The van der Waals surface area contributed by atoms with Gasteiger partial charge in [-0.3, -0.25) is 4.68 Å². The maximum atomic E-state index is 10.8. The van der Waals surface area contributed by atoms with Crippen LogP contribution in [0.4, 0.5) is 0 Å². The number of carboxylic acid groups (broad SMARTS) is 1. The van der Waals surface area contributed by atoms with Gasteiger partial charge in [0.05, 0.1) is 13.2 Å². The van der Waals surface area contributed by atoms with Crippen molar-refractivity contribution in [2.24, 2.45) is 0 Å². The van der Waals surface area contributed by atoms with E-state index in [0.717, 1.165) is 29.2 Å². The number of hydrogen-bond acceptors (Lipinski definition) is 3. The molecule has 1 aromatic heterocycles. The van der Waals surface area contributed by atoms with Gasteiger partial charge in [0.2, 0.25) is 0 Å². The lowest BCUT2D eigenvalue weighted by atomic mass is 10.1. The van der Waals surface area contributed by atoms with Crippen molar-refractivity contribution in [3.05, 3.63) is 95.8 Å². The first-order chi connectivity index (χ1) is 13.7. The SMILES string of the molecule is O=C(O)/C=C/c1ccc(Cn2cccn2)cc1OCC/C=C/c1ccccc1. The smallest absolute Gasteiger partial charge is 0.328 e. The maximum Gasteiger partial charge on any atom is 0.328 e. The fraction of sp³-hybridized carbons (Fsp3) is 0.130. The molecule has 0 unspecified atom stereocenters. The first kappa shape index (κ1) is 19.2. The van der Waals surface area contributed by atoms with Gasteiger partial charge < -0.3 is 9.84 Å². The summed E-state index contributed by atoms with van der Waals surface area (Å²) in [6, 6.07) is 17.7. The van der Waals surface area contributed by atoms with Crippen molar-refractivity contribution >= 4 is 18.1 Å². The molecule has 142 valence electrons. The lowest BCUT2D eigenvalue weighted by molar-refractivity contribution is -0.131. The second kappa shape index (κ2) is 9.92. The Labute approximate surface area is 164 Å². The molecule has 28 heavy (non-hydrogen) atoms. The van der Waals surface area contributed by atoms with Gasteiger partial charge in [-0.25, -0.2) is 4.79 Å². The molecule has 0 fully saturated rings. The second-order valence-electron chi connectivity index (χ2n) is 6.20. The summed E-state index contributed by atoms with van der Waals surface area (Å²) in [5.41, 5.74) is 2.92. The normalized spacial score (nSPS) is 11.3. The zero-order valence-corrected chi connectivity index (χ0v) is 15.4. The number of carboxylic acids is 1. The Balaban J connectivity index is 1.66. The fourth-order valence-electron chi connectivity index (χ4n) is 2.70. The van der Waals surface area contributed by atoms with E-state index < -0.39 is 5.97 Å². The third-order valence-electron chi connectivity index (χ3n) is 4.04. The molecule has 3 aromatic rings. The van der Waals surface area contributed by atoms with E-state index in [1.807, 2.05) is 65.5 Å². The van der Waals surface area contributed by atoms with E-state index in [4.69, 9.17) is 9.84 Å². The van der Waals surface area contributed by atoms with E-state index in [2.05, 4.69) is 17.3 Å². The number of aromatic nitrogens is 2. The topological polar surface area (TPSA) is 64.3 Å². The molecule has 0 aliphatic heterocycles. The van der Waals surface area contributed by atoms with E-state index in [9.17, 15) is 4.79 Å². The van der Waals surface area contributed by atoms with E-state index in [1.54, 1.807) is 12.3 Å². The molecule has 0 saturated heterocycles. The molecular formula is C23H22N2O3. The number of hydrogen-bond donors (Lipinski definition) is 1. The fourth-order valence-corrected chi connectivity index (χ4v) is 2.70. The Morgan fingerprint density at radius 3 is 2.71 bits per heavy atom. The number of benzene rings is 2. The summed E-state index contributed by atoms with van der Waals surface area (Å²) in [7, 11) is 0. The highest BCUT2D eigenvalue weighted by Gasteiger charge is 2.05. The molecule has 5 heteroatoms. The highest BCUT2D eigenvalue weighted by molar-refractivity contribution is 5.85. The molecule has 0 atom stereocenters. The zero-order chi connectivity index (χ0) is 19.6. The molecule has 3 rings (SSSR count). The molecule has 1 N–H and O–H groups in total. The predicted octanol–water partition coefficient (Wildman–Crippen LogP) is 4.51. The van der Waals surface area contributed by atoms with Crippen molar-refractivity contribution in [1.29, 1.82) is 0 Å². The average Bonchev–Trinajstić information content (AvgIpc) is 3.21. The molecule has 0 amide bonds. The van der Waals surface area contributed by atoms with Crippen LogP contribution < -0.4 is 4.74 Å². The van der Waals surface area contributed by atoms with E-state index >= 15 is 0 Å². The molecule has 0 spiro atoms. The molecule has 1 heterocycles. The van der Waals surface area contributed by atoms with Crippen LogP contribution in [0.3, 0.4) is 0 Å². The van der Waals surface area contributed by atoms with Gasteiger partial charge >= 0.3 is 5.97 Å². The van der Waals surface area contributed by atoms with Gasteiger partial charge in [0.25, 0.3) is 0 Å². The largest absolute Gasteiger partial charge is 0.493 e. The second-order valence-corrected chi connectivity index (χ2v) is 6.20. The minimum Gasteiger partial charge on any atom is -0.493 e. The van der Waals surface area contributed by atoms with Crippen LogP contribution in [0.2, 0.25) is 0 Å². The zero-order valence-electron chi connectivity index (χ0n) is 15.4. The van der Waals surface area contributed by atoms with Crippen LogP contribution in [0.5, 0.6) is 5.75 Å². The van der Waals surface area contributed by atoms with Crippen LogP contribution in [-0.2, 0) is 11.3 Å². The first-order valence-corrected chi connectivity index (χ1v) is 9.06. The molecular weight excluding hydrogens is 352 g/mol. The van der Waals surface area contributed by atoms with Crippen LogP contribution in [0.25, 0.3) is 12.2 Å². The Morgan fingerprint density at radius 2 is 1.96 bits per heavy atom. The van der Waals surface area contributed by atoms with Gasteiger partial charge in [-0.1, -0.05) is 54.6 Å². The third kappa shape index (κ3) is 5.99. The maximum absolute atomic E-state index is 10.8. The van der Waals surface area contributed by atoms with Crippen LogP contribution in [-0.4, -0.2) is 27.5 Å². The minimum atomic E-state index is -0.989. The lowest BCUT2D eigenvalue weighted by Crippen LogP contribution is -2.02. The Morgan fingerprint density at radius 1 is 1.11 bits per heavy atom. The standard InChI is InChI=1S/C23H22N2O3/c26-23(27)13-12-21-11-10-20(18-25-15-6-14-24-25)17-22(21)28-16-5-4-9-19-7-2-1-3-8-19/h1-4,6-15,17H,5,16,18H2,(H,26,27)/b9-4+,13-12+. The van der Waals surface area contributed by atoms with Crippen molar-refractivity contribution in [1.82, 2.24) is 9.78 Å². The summed E-state index contributed by atoms with van der Waals surface area (Å²) in [6.45, 7) is 1.13. The average molecular weight is 374 g/mol. The molecule has 0 saturated carbocycles. The number of aliphatic carboxylic acids is 1. The molecule has 5 nitrogen and oxygen atoms in total. The monoisotopic (exact) mass is 374 g/mol. The van der Waals surface area contributed by atoms with E-state index in [-0.39, 0.29) is 0 Å². The van der Waals surface area contributed by atoms with Crippen molar-refractivity contribution in [2.75, 3.05) is 6.61 Å². The van der Waals surface area contributed by atoms with Crippen molar-refractivity contribution < 1.29 is 14.6 Å². The summed E-state index contributed by atoms with van der Waals surface area (Å²) in [5.74, 6) is -0.326. The van der Waals surface area contributed by atoms with Crippen molar-refractivity contribution in [3.63, 3.8) is 0 Å². The predicted molar refractivity (Wildman–Crippen MR) is 110 cm³/mol. The van der Waals surface area contributed by atoms with Crippen molar-refractivity contribution in [2.45, 2.75) is 13.0 Å². The number of rotatable bonds is 9. The highest BCUT2D eigenvalue weighted by Crippen LogP contribution is 2.23. The van der Waals surface area contributed by atoms with Crippen LogP contribution in [0.1, 0.15) is 23.1 Å². The van der Waals surface area contributed by atoms with Gasteiger partial charge in [-0.05, 0) is 35.8 Å². The molecule has 0 bridgehead atoms. The van der Waals surface area contributed by atoms with Crippen molar-refractivity contribution in [3.8, 4) is 5.75 Å². The Hall–Kier alpha value is -3.60.